The predicted molar refractivity (Wildman–Crippen MR) is 104 cm³/mol. The fourth-order valence-corrected chi connectivity index (χ4v) is 3.39. The number of nitrogens with one attached hydrogen (secondary N) is 1. The molecule has 0 bridgehead atoms. The minimum absolute atomic E-state index is 0.294. The van der Waals surface area contributed by atoms with Crippen LogP contribution in [0.2, 0.25) is 0 Å². The first kappa shape index (κ1) is 18.0. The van der Waals surface area contributed by atoms with Gasteiger partial charge < -0.3 is 14.2 Å². The van der Waals surface area contributed by atoms with Crippen LogP contribution >= 0.6 is 11.3 Å². The van der Waals surface area contributed by atoms with E-state index in [2.05, 4.69) is 10.3 Å². The first-order chi connectivity index (χ1) is 13.6. The summed E-state index contributed by atoms with van der Waals surface area (Å²) in [7, 11) is 0. The molecule has 8 heteroatoms. The number of ether oxygens (including phenoxy) is 3. The van der Waals surface area contributed by atoms with Gasteiger partial charge in [0.2, 0.25) is 0 Å². The maximum absolute atomic E-state index is 12.4. The van der Waals surface area contributed by atoms with E-state index in [0.717, 1.165) is 17.0 Å². The Hall–Kier alpha value is -3.39. The Balaban J connectivity index is 1.46. The van der Waals surface area contributed by atoms with Crippen molar-refractivity contribution in [2.45, 2.75) is 6.92 Å². The van der Waals surface area contributed by atoms with Gasteiger partial charge in [-0.3, -0.25) is 14.9 Å². The van der Waals surface area contributed by atoms with Crippen molar-refractivity contribution in [2.24, 2.45) is 0 Å². The lowest BCUT2D eigenvalue weighted by molar-refractivity contribution is -0.131. The highest BCUT2D eigenvalue weighted by Gasteiger charge is 2.15. The number of hydrogen-bond acceptors (Lipinski definition) is 7. The smallest absolute Gasteiger partial charge is 0.308 e. The molecule has 1 N–H and O–H groups in total. The van der Waals surface area contributed by atoms with Crippen LogP contribution in [0.1, 0.15) is 17.3 Å². The zero-order valence-corrected chi connectivity index (χ0v) is 15.7. The van der Waals surface area contributed by atoms with Crippen molar-refractivity contribution >= 4 is 28.3 Å². The summed E-state index contributed by atoms with van der Waals surface area (Å²) in [6.45, 7) is 2.38. The fraction of sp³-hybridized carbons (Fsp3) is 0.150. The third-order valence-corrected chi connectivity index (χ3v) is 4.70. The predicted octanol–water partition coefficient (Wildman–Crippen LogP) is 3.76. The van der Waals surface area contributed by atoms with Crippen LogP contribution in [0.3, 0.4) is 0 Å². The largest absolute Gasteiger partial charge is 0.486 e. The van der Waals surface area contributed by atoms with Crippen molar-refractivity contribution in [2.75, 3.05) is 18.5 Å². The molecule has 0 fully saturated rings. The number of hydrogen-bond donors (Lipinski definition) is 1. The normalized spacial score (nSPS) is 12.3. The molecule has 7 nitrogen and oxygen atoms in total. The number of aromatic nitrogens is 1. The number of carbonyl (C=O) groups is 2. The van der Waals surface area contributed by atoms with E-state index in [1.54, 1.807) is 24.3 Å². The number of benzene rings is 2. The number of thiazole rings is 1. The molecule has 0 unspecified atom stereocenters. The van der Waals surface area contributed by atoms with E-state index in [1.807, 2.05) is 23.6 Å². The third kappa shape index (κ3) is 3.96. The van der Waals surface area contributed by atoms with E-state index in [-0.39, 0.29) is 5.91 Å². The van der Waals surface area contributed by atoms with Crippen LogP contribution in [0, 0.1) is 0 Å². The Bertz CT molecular complexity index is 1030. The van der Waals surface area contributed by atoms with Gasteiger partial charge in [-0.05, 0) is 42.5 Å². The molecule has 0 saturated heterocycles. The molecule has 3 aromatic rings. The molecule has 0 spiro atoms. The lowest BCUT2D eigenvalue weighted by atomic mass is 10.1. The van der Waals surface area contributed by atoms with E-state index in [0.29, 0.717) is 35.4 Å². The first-order valence-electron chi connectivity index (χ1n) is 8.54. The monoisotopic (exact) mass is 396 g/mol. The second-order valence-corrected chi connectivity index (χ2v) is 6.83. The standard InChI is InChI=1S/C20H16N2O5S/c1-12(23)27-15-5-2-13(3-6-15)19(24)22-20-21-16(11-28-20)14-4-7-17-18(10-14)26-9-8-25-17/h2-7,10-11H,8-9H2,1H3,(H,21,22,24). The average molecular weight is 396 g/mol. The topological polar surface area (TPSA) is 86.8 Å². The van der Waals surface area contributed by atoms with Gasteiger partial charge in [-0.1, -0.05) is 0 Å². The van der Waals surface area contributed by atoms with Crippen LogP contribution in [0.15, 0.2) is 47.8 Å². The molecule has 0 atom stereocenters. The highest BCUT2D eigenvalue weighted by atomic mass is 32.1. The second-order valence-electron chi connectivity index (χ2n) is 5.97. The van der Waals surface area contributed by atoms with Crippen molar-refractivity contribution in [3.63, 3.8) is 0 Å². The first-order valence-corrected chi connectivity index (χ1v) is 9.42. The van der Waals surface area contributed by atoms with Gasteiger partial charge in [-0.15, -0.1) is 11.3 Å². The van der Waals surface area contributed by atoms with E-state index in [4.69, 9.17) is 14.2 Å². The number of nitrogens with zero attached hydrogens (tertiary/aromatic N) is 1. The number of fused-ring (bicyclic) bond motifs is 1. The second kappa shape index (κ2) is 7.69. The molecule has 28 heavy (non-hydrogen) atoms. The van der Waals surface area contributed by atoms with E-state index in [9.17, 15) is 9.59 Å². The Kier molecular flexibility index (Phi) is 4.94. The molecule has 0 saturated carbocycles. The lowest BCUT2D eigenvalue weighted by Gasteiger charge is -2.18. The van der Waals surface area contributed by atoms with Crippen LogP contribution in [0.4, 0.5) is 5.13 Å². The maximum atomic E-state index is 12.4. The zero-order chi connectivity index (χ0) is 19.5. The van der Waals surface area contributed by atoms with Gasteiger partial charge in [0.1, 0.15) is 19.0 Å². The van der Waals surface area contributed by atoms with Crippen molar-refractivity contribution in [1.82, 2.24) is 4.98 Å². The SMILES string of the molecule is CC(=O)Oc1ccc(C(=O)Nc2nc(-c3ccc4c(c3)OCCO4)cs2)cc1. The molecule has 2 heterocycles. The summed E-state index contributed by atoms with van der Waals surface area (Å²) in [6.07, 6.45) is 0. The van der Waals surface area contributed by atoms with Gasteiger partial charge in [0, 0.05) is 23.4 Å². The molecule has 0 aliphatic carbocycles. The molecule has 4 rings (SSSR count). The molecule has 1 aliphatic heterocycles. The summed E-state index contributed by atoms with van der Waals surface area (Å²) >= 11 is 1.33. The Labute approximate surface area is 164 Å². The van der Waals surface area contributed by atoms with Gasteiger partial charge in [-0.2, -0.15) is 0 Å². The van der Waals surface area contributed by atoms with Gasteiger partial charge in [-0.25, -0.2) is 4.98 Å². The van der Waals surface area contributed by atoms with Gasteiger partial charge >= 0.3 is 5.97 Å². The van der Waals surface area contributed by atoms with Crippen LogP contribution < -0.4 is 19.5 Å². The molecule has 2 aromatic carbocycles. The molecule has 1 aromatic heterocycles. The van der Waals surface area contributed by atoms with Crippen molar-refractivity contribution < 1.29 is 23.8 Å². The molecule has 1 aliphatic rings. The Morgan fingerprint density at radius 3 is 2.57 bits per heavy atom. The van der Waals surface area contributed by atoms with Gasteiger partial charge in [0.05, 0.1) is 5.69 Å². The highest BCUT2D eigenvalue weighted by Crippen LogP contribution is 2.35. The lowest BCUT2D eigenvalue weighted by Crippen LogP contribution is -2.15. The maximum Gasteiger partial charge on any atom is 0.308 e. The summed E-state index contributed by atoms with van der Waals surface area (Å²) in [5.41, 5.74) is 2.06. The molecule has 0 radical (unpaired) electrons. The Morgan fingerprint density at radius 2 is 1.82 bits per heavy atom. The summed E-state index contributed by atoms with van der Waals surface area (Å²) in [4.78, 5) is 27.8. The molecule has 1 amide bonds. The molecule has 142 valence electrons. The van der Waals surface area contributed by atoms with Crippen molar-refractivity contribution in [1.29, 1.82) is 0 Å². The summed E-state index contributed by atoms with van der Waals surface area (Å²) in [5.74, 6) is 1.09. The number of anilines is 1. The van der Waals surface area contributed by atoms with Crippen molar-refractivity contribution in [3.05, 3.63) is 53.4 Å². The van der Waals surface area contributed by atoms with E-state index in [1.165, 1.54) is 18.3 Å². The summed E-state index contributed by atoms with van der Waals surface area (Å²) < 4.78 is 16.1. The zero-order valence-electron chi connectivity index (χ0n) is 14.9. The number of carbonyl (C=O) groups excluding carboxylic acids is 2. The van der Waals surface area contributed by atoms with Crippen molar-refractivity contribution in [3.8, 4) is 28.5 Å². The third-order valence-electron chi connectivity index (χ3n) is 3.94. The summed E-state index contributed by atoms with van der Waals surface area (Å²) in [5, 5.41) is 5.13. The number of esters is 1. The van der Waals surface area contributed by atoms with E-state index < -0.39 is 5.97 Å². The minimum Gasteiger partial charge on any atom is -0.486 e. The fourth-order valence-electron chi connectivity index (χ4n) is 2.68. The highest BCUT2D eigenvalue weighted by molar-refractivity contribution is 7.14. The minimum atomic E-state index is -0.411. The number of rotatable bonds is 4. The van der Waals surface area contributed by atoms with Crippen LogP contribution in [0.25, 0.3) is 11.3 Å². The number of amides is 1. The average Bonchev–Trinajstić information content (AvgIpc) is 3.16. The molecular formula is C20H16N2O5S. The summed E-state index contributed by atoms with van der Waals surface area (Å²) in [6, 6.07) is 11.9. The van der Waals surface area contributed by atoms with E-state index >= 15 is 0 Å². The van der Waals surface area contributed by atoms with Crippen LogP contribution in [0.5, 0.6) is 17.2 Å². The van der Waals surface area contributed by atoms with Crippen LogP contribution in [-0.4, -0.2) is 30.1 Å². The van der Waals surface area contributed by atoms with Gasteiger partial charge in [0.15, 0.2) is 16.6 Å². The van der Waals surface area contributed by atoms with Gasteiger partial charge in [0.25, 0.3) is 5.91 Å². The Morgan fingerprint density at radius 1 is 1.07 bits per heavy atom. The quantitative estimate of drug-likeness (QED) is 0.534. The van der Waals surface area contributed by atoms with Crippen LogP contribution in [-0.2, 0) is 4.79 Å². The molecular weight excluding hydrogens is 380 g/mol.